The van der Waals surface area contributed by atoms with Gasteiger partial charge in [0.05, 0.1) is 16.9 Å². The molecule has 0 unspecified atom stereocenters. The maximum Gasteiger partial charge on any atom is 0.338 e. The number of fused-ring (bicyclic) bond motifs is 1. The van der Waals surface area contributed by atoms with E-state index in [2.05, 4.69) is 24.1 Å². The number of ether oxygens (including phenoxy) is 1. The molecule has 2 aromatic carbocycles. The fraction of sp³-hybridized carbons (Fsp3) is 0.348. The van der Waals surface area contributed by atoms with E-state index in [-0.39, 0.29) is 5.91 Å². The second-order valence-electron chi connectivity index (χ2n) is 7.55. The number of hydrogen-bond donors (Lipinski definition) is 1. The zero-order chi connectivity index (χ0) is 21.9. The number of esters is 1. The molecule has 1 aliphatic rings. The predicted molar refractivity (Wildman–Crippen MR) is 117 cm³/mol. The summed E-state index contributed by atoms with van der Waals surface area (Å²) in [5.74, 6) is -1.34. The highest BCUT2D eigenvalue weighted by Crippen LogP contribution is 2.36. The first kappa shape index (κ1) is 21.4. The number of carbonyl (C=O) groups excluding carboxylic acids is 3. The fourth-order valence-electron chi connectivity index (χ4n) is 3.57. The summed E-state index contributed by atoms with van der Waals surface area (Å²) in [5.41, 5.74) is 1.41. The molecule has 0 aliphatic carbocycles. The number of rotatable bonds is 6. The highest BCUT2D eigenvalue weighted by molar-refractivity contribution is 6.14. The van der Waals surface area contributed by atoms with Gasteiger partial charge in [-0.1, -0.05) is 12.1 Å². The Balaban J connectivity index is 1.72. The van der Waals surface area contributed by atoms with E-state index in [9.17, 15) is 14.4 Å². The molecule has 0 saturated heterocycles. The summed E-state index contributed by atoms with van der Waals surface area (Å²) in [4.78, 5) is 41.4. The van der Waals surface area contributed by atoms with Gasteiger partial charge in [-0.2, -0.15) is 0 Å². The molecule has 0 spiro atoms. The molecule has 7 nitrogen and oxygen atoms in total. The Morgan fingerprint density at radius 1 is 1.03 bits per heavy atom. The van der Waals surface area contributed by atoms with Crippen molar-refractivity contribution < 1.29 is 19.1 Å². The van der Waals surface area contributed by atoms with E-state index in [1.165, 1.54) is 4.90 Å². The number of nitrogens with zero attached hydrogens (tertiary/aromatic N) is 2. The molecule has 0 bridgehead atoms. The summed E-state index contributed by atoms with van der Waals surface area (Å²) in [7, 11) is 0. The molecule has 0 fully saturated rings. The van der Waals surface area contributed by atoms with Crippen LogP contribution in [0.2, 0.25) is 0 Å². The van der Waals surface area contributed by atoms with Crippen LogP contribution in [-0.2, 0) is 14.3 Å². The van der Waals surface area contributed by atoms with Gasteiger partial charge in [0.2, 0.25) is 5.91 Å². The van der Waals surface area contributed by atoms with Gasteiger partial charge >= 0.3 is 5.97 Å². The molecule has 30 heavy (non-hydrogen) atoms. The van der Waals surface area contributed by atoms with E-state index < -0.39 is 24.0 Å². The molecule has 0 radical (unpaired) electrons. The number of benzene rings is 2. The molecular formula is C23H27N3O4. The van der Waals surface area contributed by atoms with Gasteiger partial charge in [-0.05, 0) is 64.1 Å². The van der Waals surface area contributed by atoms with Gasteiger partial charge in [0.15, 0.2) is 6.61 Å². The van der Waals surface area contributed by atoms with Gasteiger partial charge in [-0.25, -0.2) is 4.79 Å². The fourth-order valence-corrected chi connectivity index (χ4v) is 3.57. The molecule has 1 heterocycles. The van der Waals surface area contributed by atoms with Crippen LogP contribution in [0.15, 0.2) is 48.5 Å². The minimum absolute atomic E-state index is 0.298. The molecule has 0 aromatic heterocycles. The zero-order valence-electron chi connectivity index (χ0n) is 17.8. The van der Waals surface area contributed by atoms with Crippen LogP contribution in [0.4, 0.5) is 17.1 Å². The summed E-state index contributed by atoms with van der Waals surface area (Å²) in [5, 5.41) is 2.81. The molecule has 0 atom stereocenters. The Bertz CT molecular complexity index is 949. The van der Waals surface area contributed by atoms with E-state index in [0.29, 0.717) is 16.9 Å². The van der Waals surface area contributed by atoms with Crippen molar-refractivity contribution in [2.75, 3.05) is 34.8 Å². The molecule has 7 heteroatoms. The Kier molecular flexibility index (Phi) is 6.10. The lowest BCUT2D eigenvalue weighted by Gasteiger charge is -2.41. The maximum absolute atomic E-state index is 12.9. The minimum Gasteiger partial charge on any atom is -0.452 e. The van der Waals surface area contributed by atoms with Gasteiger partial charge in [0, 0.05) is 18.8 Å². The van der Waals surface area contributed by atoms with Crippen LogP contribution in [0.5, 0.6) is 0 Å². The molecule has 0 saturated carbocycles. The summed E-state index contributed by atoms with van der Waals surface area (Å²) in [6.07, 6.45) is 0. The number of hydrogen-bond acceptors (Lipinski definition) is 5. The molecule has 1 N–H and O–H groups in total. The van der Waals surface area contributed by atoms with E-state index >= 15 is 0 Å². The van der Waals surface area contributed by atoms with Gasteiger partial charge in [0.25, 0.3) is 5.91 Å². The van der Waals surface area contributed by atoms with Crippen LogP contribution in [0.1, 0.15) is 38.1 Å². The number of anilines is 3. The van der Waals surface area contributed by atoms with Crippen molar-refractivity contribution in [1.82, 2.24) is 0 Å². The molecule has 158 valence electrons. The summed E-state index contributed by atoms with van der Waals surface area (Å²) < 4.78 is 5.26. The highest BCUT2D eigenvalue weighted by Gasteiger charge is 2.43. The lowest BCUT2D eigenvalue weighted by molar-refractivity contribution is -0.128. The SMILES string of the molecule is CCN(CC)c1ccc(C(=O)OCC(=O)N2c3ccccc3NC(=O)C2(C)C)cc1. The first-order valence-corrected chi connectivity index (χ1v) is 10.0. The largest absolute Gasteiger partial charge is 0.452 e. The van der Waals surface area contributed by atoms with Crippen LogP contribution >= 0.6 is 0 Å². The third-order valence-corrected chi connectivity index (χ3v) is 5.32. The van der Waals surface area contributed by atoms with Crippen molar-refractivity contribution in [1.29, 1.82) is 0 Å². The molecule has 3 rings (SSSR count). The van der Waals surface area contributed by atoms with Crippen molar-refractivity contribution >= 4 is 34.8 Å². The van der Waals surface area contributed by atoms with Crippen molar-refractivity contribution in [3.63, 3.8) is 0 Å². The third-order valence-electron chi connectivity index (χ3n) is 5.32. The number of para-hydroxylation sites is 2. The standard InChI is InChI=1S/C23H27N3O4/c1-5-25(6-2)17-13-11-16(12-14-17)21(28)30-15-20(27)26-19-10-8-7-9-18(19)24-22(29)23(26,3)4/h7-14H,5-6,15H2,1-4H3,(H,24,29). The van der Waals surface area contributed by atoms with Crippen LogP contribution in [0.25, 0.3) is 0 Å². The van der Waals surface area contributed by atoms with E-state index in [0.717, 1.165) is 18.8 Å². The molecule has 2 amide bonds. The van der Waals surface area contributed by atoms with Gasteiger partial charge < -0.3 is 15.0 Å². The summed E-state index contributed by atoms with van der Waals surface area (Å²) in [6.45, 7) is 8.73. The van der Waals surface area contributed by atoms with Crippen molar-refractivity contribution in [3.8, 4) is 0 Å². The monoisotopic (exact) mass is 409 g/mol. The Hall–Kier alpha value is -3.35. The maximum atomic E-state index is 12.9. The van der Waals surface area contributed by atoms with Gasteiger partial charge in [-0.15, -0.1) is 0 Å². The van der Waals surface area contributed by atoms with Crippen LogP contribution in [-0.4, -0.2) is 43.0 Å². The van der Waals surface area contributed by atoms with Crippen LogP contribution < -0.4 is 15.1 Å². The number of carbonyl (C=O) groups is 3. The number of nitrogens with one attached hydrogen (secondary N) is 1. The van der Waals surface area contributed by atoms with Crippen LogP contribution in [0.3, 0.4) is 0 Å². The number of amides is 2. The third kappa shape index (κ3) is 4.01. The summed E-state index contributed by atoms with van der Waals surface area (Å²) in [6, 6.07) is 14.1. The molecule has 1 aliphatic heterocycles. The minimum atomic E-state index is -1.11. The van der Waals surface area contributed by atoms with Crippen molar-refractivity contribution in [3.05, 3.63) is 54.1 Å². The molecular weight excluding hydrogens is 382 g/mol. The van der Waals surface area contributed by atoms with E-state index in [4.69, 9.17) is 4.74 Å². The quantitative estimate of drug-likeness (QED) is 0.740. The van der Waals surface area contributed by atoms with Crippen molar-refractivity contribution in [2.24, 2.45) is 0 Å². The zero-order valence-corrected chi connectivity index (χ0v) is 17.8. The smallest absolute Gasteiger partial charge is 0.338 e. The van der Waals surface area contributed by atoms with Crippen molar-refractivity contribution in [2.45, 2.75) is 33.2 Å². The second-order valence-corrected chi connectivity index (χ2v) is 7.55. The first-order valence-electron chi connectivity index (χ1n) is 10.0. The highest BCUT2D eigenvalue weighted by atomic mass is 16.5. The topological polar surface area (TPSA) is 79.0 Å². The lowest BCUT2D eigenvalue weighted by atomic mass is 9.96. The van der Waals surface area contributed by atoms with Gasteiger partial charge in [-0.3, -0.25) is 14.5 Å². The van der Waals surface area contributed by atoms with Crippen LogP contribution in [0, 0.1) is 0 Å². The Labute approximate surface area is 176 Å². The summed E-state index contributed by atoms with van der Waals surface area (Å²) >= 11 is 0. The second kappa shape index (κ2) is 8.57. The van der Waals surface area contributed by atoms with Gasteiger partial charge in [0.1, 0.15) is 5.54 Å². The average Bonchev–Trinajstić information content (AvgIpc) is 2.74. The molecule has 2 aromatic rings. The first-order chi connectivity index (χ1) is 14.3. The Morgan fingerprint density at radius 2 is 1.67 bits per heavy atom. The van der Waals surface area contributed by atoms with E-state index in [1.807, 2.05) is 12.1 Å². The average molecular weight is 409 g/mol. The lowest BCUT2D eigenvalue weighted by Crippen LogP contribution is -2.59. The normalized spacial score (nSPS) is 14.5. The predicted octanol–water partition coefficient (Wildman–Crippen LogP) is 3.45. The van der Waals surface area contributed by atoms with E-state index in [1.54, 1.807) is 50.2 Å². The Morgan fingerprint density at radius 3 is 2.30 bits per heavy atom.